The van der Waals surface area contributed by atoms with E-state index >= 15 is 0 Å². The van der Waals surface area contributed by atoms with E-state index < -0.39 is 0 Å². The second-order valence-electron chi connectivity index (χ2n) is 4.02. The largest absolute Gasteiger partial charge is 0.481 e. The molecule has 4 nitrogen and oxygen atoms in total. The van der Waals surface area contributed by atoms with Crippen molar-refractivity contribution in [2.24, 2.45) is 0 Å². The van der Waals surface area contributed by atoms with Gasteiger partial charge in [0, 0.05) is 30.4 Å². The third-order valence-corrected chi connectivity index (χ3v) is 2.73. The van der Waals surface area contributed by atoms with Gasteiger partial charge in [0.25, 0.3) is 0 Å². The smallest absolute Gasteiger partial charge is 0.213 e. The summed E-state index contributed by atoms with van der Waals surface area (Å²) in [5.74, 6) is 0.761. The van der Waals surface area contributed by atoms with Gasteiger partial charge in [0.2, 0.25) is 5.88 Å². The minimum atomic E-state index is 0.160. The zero-order valence-corrected chi connectivity index (χ0v) is 10.6. The third-order valence-electron chi connectivity index (χ3n) is 2.73. The summed E-state index contributed by atoms with van der Waals surface area (Å²) in [6, 6.07) is 7.49. The van der Waals surface area contributed by atoms with Crippen molar-refractivity contribution in [1.82, 2.24) is 9.55 Å². The van der Waals surface area contributed by atoms with Gasteiger partial charge < -0.3 is 9.30 Å². The number of ether oxygens (including phenoxy) is 1. The summed E-state index contributed by atoms with van der Waals surface area (Å²) in [5.41, 5.74) is 1.65. The molecule has 0 fully saturated rings. The highest BCUT2D eigenvalue weighted by Gasteiger charge is 2.05. The van der Waals surface area contributed by atoms with Crippen molar-refractivity contribution in [1.29, 1.82) is 0 Å². The van der Waals surface area contributed by atoms with E-state index in [4.69, 9.17) is 4.74 Å². The van der Waals surface area contributed by atoms with Gasteiger partial charge in [-0.25, -0.2) is 4.98 Å². The van der Waals surface area contributed by atoms with Crippen LogP contribution >= 0.6 is 0 Å². The lowest BCUT2D eigenvalue weighted by molar-refractivity contribution is 0.0988. The minimum Gasteiger partial charge on any atom is -0.481 e. The van der Waals surface area contributed by atoms with Gasteiger partial charge in [0.15, 0.2) is 5.78 Å². The lowest BCUT2D eigenvalue weighted by Crippen LogP contribution is -2.01. The fraction of sp³-hybridized carbons (Fsp3) is 0.286. The Bertz CT molecular complexity index is 546. The van der Waals surface area contributed by atoms with E-state index in [1.165, 1.54) is 0 Å². The molecule has 2 rings (SSSR count). The summed E-state index contributed by atoms with van der Waals surface area (Å²) in [5, 5.41) is 0. The van der Waals surface area contributed by atoms with Crippen LogP contribution in [0.5, 0.6) is 5.88 Å². The molecule has 0 aromatic carbocycles. The molecule has 0 aliphatic heterocycles. The summed E-state index contributed by atoms with van der Waals surface area (Å²) < 4.78 is 7.03. The predicted octanol–water partition coefficient (Wildman–Crippen LogP) is 2.53. The molecular weight excluding hydrogens is 228 g/mol. The first kappa shape index (κ1) is 12.4. The zero-order valence-electron chi connectivity index (χ0n) is 10.6. The van der Waals surface area contributed by atoms with Crippen molar-refractivity contribution in [2.45, 2.75) is 19.9 Å². The molecule has 4 heteroatoms. The molecule has 18 heavy (non-hydrogen) atoms. The molecule has 0 spiro atoms. The van der Waals surface area contributed by atoms with Crippen molar-refractivity contribution in [3.8, 4) is 5.88 Å². The number of carbonyl (C=O) groups is 1. The Hall–Kier alpha value is -2.10. The van der Waals surface area contributed by atoms with E-state index in [-0.39, 0.29) is 5.78 Å². The number of nitrogens with zero attached hydrogens (tertiary/aromatic N) is 2. The van der Waals surface area contributed by atoms with Crippen LogP contribution in [0.2, 0.25) is 0 Å². The molecule has 2 aromatic rings. The van der Waals surface area contributed by atoms with Crippen molar-refractivity contribution in [3.63, 3.8) is 0 Å². The molecule has 0 aliphatic rings. The van der Waals surface area contributed by atoms with Gasteiger partial charge in [0.05, 0.1) is 19.3 Å². The highest BCUT2D eigenvalue weighted by molar-refractivity contribution is 5.95. The van der Waals surface area contributed by atoms with Crippen LogP contribution in [0.3, 0.4) is 0 Å². The lowest BCUT2D eigenvalue weighted by Gasteiger charge is -2.04. The number of Topliss-reactive ketones (excluding diaryl/α,β-unsaturated/α-hetero) is 1. The fourth-order valence-corrected chi connectivity index (χ4v) is 1.75. The Kier molecular flexibility index (Phi) is 3.77. The van der Waals surface area contributed by atoms with Crippen LogP contribution < -0.4 is 4.74 Å². The standard InChI is InChI=1S/C14H16N2O2/c1-3-13(17)11-7-8-16(9-11)10-12-5-4-6-14(15-12)18-2/h4-9H,3,10H2,1-2H3. The molecule has 2 heterocycles. The van der Waals surface area contributed by atoms with Crippen molar-refractivity contribution < 1.29 is 9.53 Å². The van der Waals surface area contributed by atoms with E-state index in [1.54, 1.807) is 7.11 Å². The van der Waals surface area contributed by atoms with Crippen molar-refractivity contribution in [2.75, 3.05) is 7.11 Å². The summed E-state index contributed by atoms with van der Waals surface area (Å²) in [4.78, 5) is 15.9. The van der Waals surface area contributed by atoms with E-state index in [0.717, 1.165) is 11.3 Å². The number of rotatable bonds is 5. The SMILES string of the molecule is CCC(=O)c1ccn(Cc2cccc(OC)n2)c1. The normalized spacial score (nSPS) is 10.3. The van der Waals surface area contributed by atoms with Gasteiger partial charge in [0.1, 0.15) is 0 Å². The molecule has 0 atom stereocenters. The number of ketones is 1. The van der Waals surface area contributed by atoms with Crippen LogP contribution in [0.15, 0.2) is 36.7 Å². The fourth-order valence-electron chi connectivity index (χ4n) is 1.75. The summed E-state index contributed by atoms with van der Waals surface area (Å²) in [6.07, 6.45) is 4.28. The average Bonchev–Trinajstić information content (AvgIpc) is 2.86. The van der Waals surface area contributed by atoms with E-state index in [1.807, 2.05) is 48.1 Å². The summed E-state index contributed by atoms with van der Waals surface area (Å²) >= 11 is 0. The topological polar surface area (TPSA) is 44.1 Å². The van der Waals surface area contributed by atoms with Crippen LogP contribution in [-0.4, -0.2) is 22.4 Å². The van der Waals surface area contributed by atoms with E-state index in [9.17, 15) is 4.79 Å². The monoisotopic (exact) mass is 244 g/mol. The van der Waals surface area contributed by atoms with Gasteiger partial charge in [-0.1, -0.05) is 13.0 Å². The number of methoxy groups -OCH3 is 1. The summed E-state index contributed by atoms with van der Waals surface area (Å²) in [6.45, 7) is 2.50. The van der Waals surface area contributed by atoms with Crippen LogP contribution in [0.4, 0.5) is 0 Å². The second kappa shape index (κ2) is 5.49. The van der Waals surface area contributed by atoms with Gasteiger partial charge in [-0.2, -0.15) is 0 Å². The molecule has 0 saturated carbocycles. The van der Waals surface area contributed by atoms with Gasteiger partial charge in [-0.05, 0) is 12.1 Å². The Morgan fingerprint density at radius 1 is 1.39 bits per heavy atom. The Morgan fingerprint density at radius 3 is 2.94 bits per heavy atom. The number of hydrogen-bond donors (Lipinski definition) is 0. The molecule has 0 aliphatic carbocycles. The van der Waals surface area contributed by atoms with Crippen LogP contribution in [0.1, 0.15) is 29.4 Å². The number of carbonyl (C=O) groups excluding carboxylic acids is 1. The molecule has 94 valence electrons. The highest BCUT2D eigenvalue weighted by Crippen LogP contribution is 2.10. The van der Waals surface area contributed by atoms with E-state index in [0.29, 0.717) is 18.8 Å². The number of pyridine rings is 1. The van der Waals surface area contributed by atoms with Gasteiger partial charge in [-0.3, -0.25) is 4.79 Å². The molecular formula is C14H16N2O2. The first-order valence-corrected chi connectivity index (χ1v) is 5.92. The van der Waals surface area contributed by atoms with Crippen molar-refractivity contribution in [3.05, 3.63) is 47.9 Å². The first-order valence-electron chi connectivity index (χ1n) is 5.92. The van der Waals surface area contributed by atoms with Crippen LogP contribution in [-0.2, 0) is 6.54 Å². The highest BCUT2D eigenvalue weighted by atomic mass is 16.5. The molecule has 2 aromatic heterocycles. The third kappa shape index (κ3) is 2.77. The summed E-state index contributed by atoms with van der Waals surface area (Å²) in [7, 11) is 1.60. The Labute approximate surface area is 106 Å². The molecule has 0 unspecified atom stereocenters. The molecule has 0 amide bonds. The lowest BCUT2D eigenvalue weighted by atomic mass is 10.2. The van der Waals surface area contributed by atoms with Crippen LogP contribution in [0, 0.1) is 0 Å². The Balaban J connectivity index is 2.13. The Morgan fingerprint density at radius 2 is 2.22 bits per heavy atom. The second-order valence-corrected chi connectivity index (χ2v) is 4.02. The van der Waals surface area contributed by atoms with Gasteiger partial charge in [-0.15, -0.1) is 0 Å². The van der Waals surface area contributed by atoms with Gasteiger partial charge >= 0.3 is 0 Å². The quantitative estimate of drug-likeness (QED) is 0.759. The molecule has 0 bridgehead atoms. The maximum absolute atomic E-state index is 11.5. The van der Waals surface area contributed by atoms with Crippen molar-refractivity contribution >= 4 is 5.78 Å². The molecule has 0 N–H and O–H groups in total. The average molecular weight is 244 g/mol. The zero-order chi connectivity index (χ0) is 13.0. The first-order chi connectivity index (χ1) is 8.72. The maximum atomic E-state index is 11.5. The van der Waals surface area contributed by atoms with E-state index in [2.05, 4.69) is 4.98 Å². The predicted molar refractivity (Wildman–Crippen MR) is 68.9 cm³/mol. The minimum absolute atomic E-state index is 0.160. The molecule has 0 saturated heterocycles. The van der Waals surface area contributed by atoms with Crippen LogP contribution in [0.25, 0.3) is 0 Å². The molecule has 0 radical (unpaired) electrons. The maximum Gasteiger partial charge on any atom is 0.213 e. The number of aromatic nitrogens is 2. The number of hydrogen-bond acceptors (Lipinski definition) is 3.